The number of aromatic amines is 1. The summed E-state index contributed by atoms with van der Waals surface area (Å²) in [6, 6.07) is 1.70. The summed E-state index contributed by atoms with van der Waals surface area (Å²) in [7, 11) is 0. The fourth-order valence-electron chi connectivity index (χ4n) is 4.10. The average Bonchev–Trinajstić information content (AvgIpc) is 3.44. The highest BCUT2D eigenvalue weighted by Crippen LogP contribution is 2.26. The van der Waals surface area contributed by atoms with E-state index in [1.54, 1.807) is 12.3 Å². The molecule has 3 aliphatic rings. The lowest BCUT2D eigenvalue weighted by molar-refractivity contribution is -0.0968. The Morgan fingerprint density at radius 2 is 1.77 bits per heavy atom. The van der Waals surface area contributed by atoms with Gasteiger partial charge in [-0.05, 0) is 44.8 Å². The van der Waals surface area contributed by atoms with E-state index in [4.69, 9.17) is 9.47 Å². The average molecular weight is 361 g/mol. The van der Waals surface area contributed by atoms with Crippen LogP contribution in [0.5, 0.6) is 0 Å². The number of nitrogens with zero attached hydrogens (tertiary/aromatic N) is 2. The maximum atomic E-state index is 12.6. The highest BCUT2D eigenvalue weighted by molar-refractivity contribution is 6.01. The third-order valence-electron chi connectivity index (χ3n) is 5.66. The van der Waals surface area contributed by atoms with Gasteiger partial charge in [-0.15, -0.1) is 0 Å². The molecule has 0 aromatic carbocycles. The first-order valence-corrected chi connectivity index (χ1v) is 9.67. The molecule has 0 saturated carbocycles. The number of hydrogen-bond acceptors (Lipinski definition) is 5. The van der Waals surface area contributed by atoms with E-state index in [0.717, 1.165) is 51.9 Å². The summed E-state index contributed by atoms with van der Waals surface area (Å²) in [4.78, 5) is 32.0. The molecule has 7 heteroatoms. The minimum atomic E-state index is -0.0586. The third-order valence-corrected chi connectivity index (χ3v) is 5.66. The van der Waals surface area contributed by atoms with E-state index < -0.39 is 0 Å². The molecule has 7 nitrogen and oxygen atoms in total. The molecule has 0 atom stereocenters. The van der Waals surface area contributed by atoms with Gasteiger partial charge in [0.2, 0.25) is 0 Å². The number of aromatic nitrogens is 1. The van der Waals surface area contributed by atoms with Crippen molar-refractivity contribution in [1.82, 2.24) is 14.8 Å². The van der Waals surface area contributed by atoms with Gasteiger partial charge >= 0.3 is 0 Å². The summed E-state index contributed by atoms with van der Waals surface area (Å²) in [5.41, 5.74) is 1.11. The van der Waals surface area contributed by atoms with E-state index in [1.807, 2.05) is 4.90 Å². The fraction of sp³-hybridized carbons (Fsp3) is 0.684. The summed E-state index contributed by atoms with van der Waals surface area (Å²) < 4.78 is 11.2. The van der Waals surface area contributed by atoms with Crippen LogP contribution >= 0.6 is 0 Å². The number of likely N-dealkylation sites (tertiary alicyclic amines) is 2. The van der Waals surface area contributed by atoms with Crippen LogP contribution in [0.3, 0.4) is 0 Å². The second-order valence-corrected chi connectivity index (χ2v) is 7.45. The van der Waals surface area contributed by atoms with Crippen LogP contribution in [-0.4, -0.2) is 78.7 Å². The number of ketones is 1. The zero-order chi connectivity index (χ0) is 17.9. The molecular formula is C19H27N3O4. The van der Waals surface area contributed by atoms with Gasteiger partial charge in [0.1, 0.15) is 5.69 Å². The van der Waals surface area contributed by atoms with Crippen LogP contribution in [0.15, 0.2) is 12.3 Å². The van der Waals surface area contributed by atoms with Crippen molar-refractivity contribution in [3.63, 3.8) is 0 Å². The molecule has 0 bridgehead atoms. The second-order valence-electron chi connectivity index (χ2n) is 7.45. The minimum absolute atomic E-state index is 0.000993. The summed E-state index contributed by atoms with van der Waals surface area (Å²) in [5.74, 6) is 0.494. The molecule has 0 radical (unpaired) electrons. The maximum absolute atomic E-state index is 12.6. The first-order chi connectivity index (χ1) is 12.7. The highest BCUT2D eigenvalue weighted by atomic mass is 16.7. The van der Waals surface area contributed by atoms with Gasteiger partial charge in [0.25, 0.3) is 5.91 Å². The number of ether oxygens (including phenoxy) is 2. The van der Waals surface area contributed by atoms with Crippen molar-refractivity contribution in [1.29, 1.82) is 0 Å². The van der Waals surface area contributed by atoms with Crippen LogP contribution < -0.4 is 0 Å². The number of rotatable bonds is 5. The van der Waals surface area contributed by atoms with Gasteiger partial charge in [0, 0.05) is 30.8 Å². The number of Topliss-reactive ketones (excluding diaryl/α,β-unsaturated/α-hetero) is 1. The molecule has 1 amide bonds. The number of carbonyl (C=O) groups is 2. The van der Waals surface area contributed by atoms with Crippen molar-refractivity contribution < 1.29 is 19.1 Å². The topological polar surface area (TPSA) is 74.9 Å². The van der Waals surface area contributed by atoms with E-state index >= 15 is 0 Å². The van der Waals surface area contributed by atoms with Crippen LogP contribution in [0.1, 0.15) is 46.5 Å². The molecule has 3 saturated heterocycles. The molecule has 0 spiro atoms. The molecule has 4 rings (SSSR count). The van der Waals surface area contributed by atoms with Crippen molar-refractivity contribution >= 4 is 11.7 Å². The van der Waals surface area contributed by atoms with Gasteiger partial charge in [-0.1, -0.05) is 0 Å². The minimum Gasteiger partial charge on any atom is -0.356 e. The SMILES string of the molecule is O=C(CN1CCC(C2OCCO2)CC1)c1c[nH]c(C(=O)N2CCCC2)c1. The summed E-state index contributed by atoms with van der Waals surface area (Å²) in [6.07, 6.45) is 5.71. The second kappa shape index (κ2) is 7.90. The molecule has 1 N–H and O–H groups in total. The molecule has 1 aromatic heterocycles. The standard InChI is InChI=1S/C19H27N3O4/c23-17(13-21-7-3-14(4-8-21)19-25-9-10-26-19)15-11-16(20-12-15)18(24)22-5-1-2-6-22/h11-12,14,19-20H,1-10,13H2. The number of hydrogen-bond donors (Lipinski definition) is 1. The Morgan fingerprint density at radius 3 is 2.46 bits per heavy atom. The van der Waals surface area contributed by atoms with Gasteiger partial charge in [-0.2, -0.15) is 0 Å². The molecule has 142 valence electrons. The molecule has 26 heavy (non-hydrogen) atoms. The lowest BCUT2D eigenvalue weighted by Gasteiger charge is -2.33. The zero-order valence-corrected chi connectivity index (χ0v) is 15.1. The third kappa shape index (κ3) is 3.84. The van der Waals surface area contributed by atoms with Gasteiger partial charge in [-0.3, -0.25) is 14.5 Å². The summed E-state index contributed by atoms with van der Waals surface area (Å²) in [6.45, 7) is 5.15. The number of carbonyl (C=O) groups excluding carboxylic acids is 2. The molecule has 3 aliphatic heterocycles. The Morgan fingerprint density at radius 1 is 1.08 bits per heavy atom. The number of H-pyrrole nitrogens is 1. The molecule has 1 aromatic rings. The number of nitrogens with one attached hydrogen (secondary N) is 1. The van der Waals surface area contributed by atoms with Gasteiger partial charge in [-0.25, -0.2) is 0 Å². The largest absolute Gasteiger partial charge is 0.356 e. The monoisotopic (exact) mass is 361 g/mol. The van der Waals surface area contributed by atoms with Crippen molar-refractivity contribution in [2.45, 2.75) is 32.0 Å². The number of piperidine rings is 1. The molecule has 3 fully saturated rings. The predicted octanol–water partition coefficient (Wildman–Crippen LogP) is 1.52. The van der Waals surface area contributed by atoms with E-state index in [9.17, 15) is 9.59 Å². The lowest BCUT2D eigenvalue weighted by atomic mass is 9.96. The van der Waals surface area contributed by atoms with Crippen LogP contribution in [0, 0.1) is 5.92 Å². The Kier molecular flexibility index (Phi) is 5.38. The maximum Gasteiger partial charge on any atom is 0.270 e. The highest BCUT2D eigenvalue weighted by Gasteiger charge is 2.31. The summed E-state index contributed by atoms with van der Waals surface area (Å²) >= 11 is 0. The first kappa shape index (κ1) is 17.7. The lowest BCUT2D eigenvalue weighted by Crippen LogP contribution is -2.40. The van der Waals surface area contributed by atoms with Crippen molar-refractivity contribution in [2.24, 2.45) is 5.92 Å². The van der Waals surface area contributed by atoms with Crippen molar-refractivity contribution in [3.8, 4) is 0 Å². The predicted molar refractivity (Wildman–Crippen MR) is 95.1 cm³/mol. The Balaban J connectivity index is 1.28. The first-order valence-electron chi connectivity index (χ1n) is 9.67. The van der Waals surface area contributed by atoms with E-state index in [-0.39, 0.29) is 18.0 Å². The Hall–Kier alpha value is -1.70. The molecule has 0 unspecified atom stereocenters. The van der Waals surface area contributed by atoms with Crippen LogP contribution in [0.2, 0.25) is 0 Å². The Bertz CT molecular complexity index is 639. The normalized spacial score (nSPS) is 23.0. The van der Waals surface area contributed by atoms with E-state index in [0.29, 0.717) is 36.9 Å². The number of amides is 1. The summed E-state index contributed by atoms with van der Waals surface area (Å²) in [5, 5.41) is 0. The van der Waals surface area contributed by atoms with Crippen molar-refractivity contribution in [2.75, 3.05) is 45.9 Å². The van der Waals surface area contributed by atoms with Crippen LogP contribution in [0.25, 0.3) is 0 Å². The fourth-order valence-corrected chi connectivity index (χ4v) is 4.10. The zero-order valence-electron chi connectivity index (χ0n) is 15.1. The quantitative estimate of drug-likeness (QED) is 0.805. The molecular weight excluding hydrogens is 334 g/mol. The molecule has 0 aliphatic carbocycles. The molecule has 4 heterocycles. The van der Waals surface area contributed by atoms with Crippen molar-refractivity contribution in [3.05, 3.63) is 23.5 Å². The van der Waals surface area contributed by atoms with E-state index in [1.165, 1.54) is 0 Å². The van der Waals surface area contributed by atoms with E-state index in [2.05, 4.69) is 9.88 Å². The van der Waals surface area contributed by atoms with Gasteiger partial charge in [0.15, 0.2) is 12.1 Å². The smallest absolute Gasteiger partial charge is 0.270 e. The van der Waals surface area contributed by atoms with Gasteiger partial charge in [0.05, 0.1) is 19.8 Å². The Labute approximate surface area is 153 Å². The van der Waals surface area contributed by atoms with Crippen LogP contribution in [-0.2, 0) is 9.47 Å². The van der Waals surface area contributed by atoms with Gasteiger partial charge < -0.3 is 19.4 Å². The van der Waals surface area contributed by atoms with Crippen LogP contribution in [0.4, 0.5) is 0 Å².